The molecule has 0 aromatic rings. The maximum Gasteiger partial charge on any atom is 0.312 e. The standard InChI is InChI=1S/C28H50O2/c1-3-5-6-13-23-30-26(29)28(19-11-8-12-20-28)27(18-4-2)21-16-25(17-22-27)24-14-9-7-10-15-24/h24-25H,3-23H2,1-2H3/t25-,27+. The van der Waals surface area contributed by atoms with E-state index in [-0.39, 0.29) is 16.8 Å². The van der Waals surface area contributed by atoms with Crippen molar-refractivity contribution in [2.24, 2.45) is 22.7 Å². The van der Waals surface area contributed by atoms with Gasteiger partial charge >= 0.3 is 5.97 Å². The van der Waals surface area contributed by atoms with Gasteiger partial charge in [0.2, 0.25) is 0 Å². The highest BCUT2D eigenvalue weighted by Crippen LogP contribution is 2.61. The number of carbonyl (C=O) groups excluding carboxylic acids is 1. The molecule has 0 radical (unpaired) electrons. The Hall–Kier alpha value is -0.530. The average Bonchev–Trinajstić information content (AvgIpc) is 2.80. The van der Waals surface area contributed by atoms with Crippen LogP contribution in [0.15, 0.2) is 0 Å². The molecule has 0 atom stereocenters. The first-order chi connectivity index (χ1) is 14.7. The zero-order valence-corrected chi connectivity index (χ0v) is 20.3. The molecule has 0 unspecified atom stereocenters. The summed E-state index contributed by atoms with van der Waals surface area (Å²) in [6.07, 6.45) is 25.7. The van der Waals surface area contributed by atoms with E-state index < -0.39 is 0 Å². The van der Waals surface area contributed by atoms with Crippen molar-refractivity contribution < 1.29 is 9.53 Å². The Labute approximate surface area is 187 Å². The molecule has 0 heterocycles. The predicted octanol–water partition coefficient (Wildman–Crippen LogP) is 8.62. The van der Waals surface area contributed by atoms with Gasteiger partial charge in [-0.1, -0.05) is 90.9 Å². The van der Waals surface area contributed by atoms with Crippen molar-refractivity contribution in [1.82, 2.24) is 0 Å². The minimum absolute atomic E-state index is 0.177. The monoisotopic (exact) mass is 418 g/mol. The molecule has 0 spiro atoms. The van der Waals surface area contributed by atoms with Gasteiger partial charge in [-0.15, -0.1) is 0 Å². The van der Waals surface area contributed by atoms with Crippen molar-refractivity contribution in [2.45, 2.75) is 142 Å². The van der Waals surface area contributed by atoms with E-state index in [1.54, 1.807) is 0 Å². The molecule has 3 fully saturated rings. The summed E-state index contributed by atoms with van der Waals surface area (Å²) >= 11 is 0. The molecular weight excluding hydrogens is 368 g/mol. The second-order valence-corrected chi connectivity index (χ2v) is 11.1. The van der Waals surface area contributed by atoms with Gasteiger partial charge in [-0.25, -0.2) is 0 Å². The van der Waals surface area contributed by atoms with Gasteiger partial charge in [-0.2, -0.15) is 0 Å². The SMILES string of the molecule is CCCCCCOC(=O)C1([C@]2(CCC)CC[C@H](C3CCCCC3)CC2)CCCCC1. The number of rotatable bonds is 10. The number of hydrogen-bond acceptors (Lipinski definition) is 2. The molecule has 30 heavy (non-hydrogen) atoms. The molecular formula is C28H50O2. The largest absolute Gasteiger partial charge is 0.465 e. The number of ether oxygens (including phenoxy) is 1. The molecule has 0 aromatic heterocycles. The van der Waals surface area contributed by atoms with E-state index >= 15 is 0 Å². The number of carbonyl (C=O) groups is 1. The van der Waals surface area contributed by atoms with Gasteiger partial charge in [0.1, 0.15) is 0 Å². The Morgan fingerprint density at radius 3 is 2.00 bits per heavy atom. The molecule has 2 heteroatoms. The Morgan fingerprint density at radius 1 is 0.733 bits per heavy atom. The van der Waals surface area contributed by atoms with Crippen LogP contribution in [-0.4, -0.2) is 12.6 Å². The van der Waals surface area contributed by atoms with Gasteiger partial charge in [0, 0.05) is 0 Å². The molecule has 3 saturated carbocycles. The van der Waals surface area contributed by atoms with Crippen LogP contribution in [0.4, 0.5) is 0 Å². The van der Waals surface area contributed by atoms with Crippen molar-refractivity contribution in [2.75, 3.05) is 6.61 Å². The minimum atomic E-state index is -0.177. The highest BCUT2D eigenvalue weighted by Gasteiger charge is 2.57. The normalized spacial score (nSPS) is 30.1. The van der Waals surface area contributed by atoms with Crippen LogP contribution < -0.4 is 0 Å². The van der Waals surface area contributed by atoms with E-state index in [4.69, 9.17) is 4.74 Å². The van der Waals surface area contributed by atoms with E-state index in [2.05, 4.69) is 13.8 Å². The fourth-order valence-electron chi connectivity index (χ4n) is 7.65. The van der Waals surface area contributed by atoms with Gasteiger partial charge in [0.15, 0.2) is 0 Å². The van der Waals surface area contributed by atoms with Gasteiger partial charge < -0.3 is 4.74 Å². The average molecular weight is 419 g/mol. The fourth-order valence-corrected chi connectivity index (χ4v) is 7.65. The molecule has 174 valence electrons. The number of hydrogen-bond donors (Lipinski definition) is 0. The lowest BCUT2D eigenvalue weighted by molar-refractivity contribution is -0.175. The third-order valence-electron chi connectivity index (χ3n) is 9.38. The molecule has 2 nitrogen and oxygen atoms in total. The van der Waals surface area contributed by atoms with Crippen molar-refractivity contribution >= 4 is 5.97 Å². The van der Waals surface area contributed by atoms with E-state index in [0.29, 0.717) is 6.61 Å². The lowest BCUT2D eigenvalue weighted by atomic mass is 9.49. The van der Waals surface area contributed by atoms with Crippen LogP contribution >= 0.6 is 0 Å². The lowest BCUT2D eigenvalue weighted by Crippen LogP contribution is -2.52. The van der Waals surface area contributed by atoms with E-state index in [1.807, 2.05) is 0 Å². The summed E-state index contributed by atoms with van der Waals surface area (Å²) in [7, 11) is 0. The van der Waals surface area contributed by atoms with Crippen LogP contribution in [0.2, 0.25) is 0 Å². The Morgan fingerprint density at radius 2 is 1.37 bits per heavy atom. The number of esters is 1. The first kappa shape index (κ1) is 24.1. The zero-order chi connectivity index (χ0) is 21.3. The summed E-state index contributed by atoms with van der Waals surface area (Å²) in [5.74, 6) is 2.11. The predicted molar refractivity (Wildman–Crippen MR) is 126 cm³/mol. The summed E-state index contributed by atoms with van der Waals surface area (Å²) in [5, 5.41) is 0. The first-order valence-electron chi connectivity index (χ1n) is 13.8. The first-order valence-corrected chi connectivity index (χ1v) is 13.8. The molecule has 0 aliphatic heterocycles. The molecule has 0 saturated heterocycles. The third kappa shape index (κ3) is 5.44. The van der Waals surface area contributed by atoms with E-state index in [1.165, 1.54) is 109 Å². The summed E-state index contributed by atoms with van der Waals surface area (Å²) in [6, 6.07) is 0. The second kappa shape index (κ2) is 11.9. The van der Waals surface area contributed by atoms with Gasteiger partial charge in [0.05, 0.1) is 12.0 Å². The highest BCUT2D eigenvalue weighted by molar-refractivity contribution is 5.78. The highest BCUT2D eigenvalue weighted by atomic mass is 16.5. The van der Waals surface area contributed by atoms with E-state index in [9.17, 15) is 4.79 Å². The van der Waals surface area contributed by atoms with Gasteiger partial charge in [-0.3, -0.25) is 4.79 Å². The molecule has 3 aliphatic rings. The quantitative estimate of drug-likeness (QED) is 0.262. The van der Waals surface area contributed by atoms with Crippen molar-refractivity contribution in [3.05, 3.63) is 0 Å². The van der Waals surface area contributed by atoms with E-state index in [0.717, 1.165) is 31.1 Å². The summed E-state index contributed by atoms with van der Waals surface area (Å²) in [4.78, 5) is 13.7. The van der Waals surface area contributed by atoms with Crippen LogP contribution in [0.25, 0.3) is 0 Å². The molecule has 3 rings (SSSR count). The van der Waals surface area contributed by atoms with Crippen molar-refractivity contribution in [1.29, 1.82) is 0 Å². The Balaban J connectivity index is 1.69. The van der Waals surface area contributed by atoms with Crippen LogP contribution in [-0.2, 0) is 9.53 Å². The minimum Gasteiger partial charge on any atom is -0.465 e. The summed E-state index contributed by atoms with van der Waals surface area (Å²) < 4.78 is 6.06. The third-order valence-corrected chi connectivity index (χ3v) is 9.38. The molecule has 0 N–H and O–H groups in total. The topological polar surface area (TPSA) is 26.3 Å². The Kier molecular flexibility index (Phi) is 9.58. The molecule has 0 amide bonds. The maximum absolute atomic E-state index is 13.7. The molecule has 0 aromatic carbocycles. The Bertz CT molecular complexity index is 491. The smallest absolute Gasteiger partial charge is 0.312 e. The van der Waals surface area contributed by atoms with Crippen LogP contribution in [0.1, 0.15) is 142 Å². The molecule has 3 aliphatic carbocycles. The second-order valence-electron chi connectivity index (χ2n) is 11.1. The van der Waals surface area contributed by atoms with Crippen LogP contribution in [0.3, 0.4) is 0 Å². The zero-order valence-electron chi connectivity index (χ0n) is 20.3. The van der Waals surface area contributed by atoms with Crippen molar-refractivity contribution in [3.8, 4) is 0 Å². The van der Waals surface area contributed by atoms with Gasteiger partial charge in [0.25, 0.3) is 0 Å². The fraction of sp³-hybridized carbons (Fsp3) is 0.964. The van der Waals surface area contributed by atoms with Crippen LogP contribution in [0.5, 0.6) is 0 Å². The summed E-state index contributed by atoms with van der Waals surface area (Å²) in [5.41, 5.74) is 0.0391. The van der Waals surface area contributed by atoms with Crippen molar-refractivity contribution in [3.63, 3.8) is 0 Å². The van der Waals surface area contributed by atoms with Crippen LogP contribution in [0, 0.1) is 22.7 Å². The van der Waals surface area contributed by atoms with Gasteiger partial charge in [-0.05, 0) is 68.6 Å². The number of unbranched alkanes of at least 4 members (excludes halogenated alkanes) is 3. The maximum atomic E-state index is 13.7. The summed E-state index contributed by atoms with van der Waals surface area (Å²) in [6.45, 7) is 5.22. The lowest BCUT2D eigenvalue weighted by Gasteiger charge is -2.55. The molecule has 0 bridgehead atoms.